The fourth-order valence-corrected chi connectivity index (χ4v) is 10.1. The standard InChI is InChI=1S/C62H42N6/c1-2-12-48(13-3-1)67-58-18-6-4-14-50(58)52-38-46(30-34-60(52)67)47-31-35-61-53(39-47)51-15-5-7-19-59(51)68(61)49-32-28-44(29-33-49)57-40-56(43-22-20-41(21-23-43)54-16-8-10-36-63-54)65-62(66-57)45-26-24-42(25-27-45)55-17-9-11-37-64-55/h1-28,30-32,34-40H,29,33H2. The van der Waals surface area contributed by atoms with E-state index in [2.05, 4.69) is 201 Å². The van der Waals surface area contributed by atoms with Gasteiger partial charge in [-0.25, -0.2) is 9.97 Å². The number of rotatable bonds is 8. The number of pyridine rings is 2. The average molecular weight is 871 g/mol. The van der Waals surface area contributed by atoms with Crippen LogP contribution in [0.2, 0.25) is 0 Å². The van der Waals surface area contributed by atoms with E-state index >= 15 is 0 Å². The second-order valence-corrected chi connectivity index (χ2v) is 17.4. The van der Waals surface area contributed by atoms with Gasteiger partial charge in [-0.05, 0) is 114 Å². The van der Waals surface area contributed by atoms with Gasteiger partial charge in [-0.3, -0.25) is 9.97 Å². The highest BCUT2D eigenvalue weighted by Gasteiger charge is 2.20. The number of nitrogens with zero attached hydrogens (tertiary/aromatic N) is 6. The van der Waals surface area contributed by atoms with Crippen LogP contribution in [0.25, 0.3) is 117 Å². The molecule has 0 N–H and O–H groups in total. The Labute approximate surface area is 393 Å². The lowest BCUT2D eigenvalue weighted by Gasteiger charge is -2.19. The molecule has 1 aliphatic carbocycles. The lowest BCUT2D eigenvalue weighted by Crippen LogP contribution is -2.03. The Morgan fingerprint density at radius 3 is 1.38 bits per heavy atom. The third-order valence-electron chi connectivity index (χ3n) is 13.4. The summed E-state index contributed by atoms with van der Waals surface area (Å²) in [5.41, 5.74) is 18.6. The average Bonchev–Trinajstić information content (AvgIpc) is 3.94. The molecule has 0 amide bonds. The molecule has 68 heavy (non-hydrogen) atoms. The van der Waals surface area contributed by atoms with Crippen molar-refractivity contribution in [3.8, 4) is 62.0 Å². The van der Waals surface area contributed by atoms with Gasteiger partial charge in [-0.2, -0.15) is 0 Å². The molecule has 0 unspecified atom stereocenters. The maximum atomic E-state index is 5.26. The predicted octanol–water partition coefficient (Wildman–Crippen LogP) is 15.5. The van der Waals surface area contributed by atoms with Crippen molar-refractivity contribution in [1.82, 2.24) is 29.1 Å². The first-order chi connectivity index (χ1) is 33.7. The molecule has 12 aromatic rings. The number of hydrogen-bond donors (Lipinski definition) is 0. The van der Waals surface area contributed by atoms with E-state index in [4.69, 9.17) is 9.97 Å². The lowest BCUT2D eigenvalue weighted by molar-refractivity contribution is 0.981. The van der Waals surface area contributed by atoms with Gasteiger partial charge in [0.15, 0.2) is 5.82 Å². The van der Waals surface area contributed by atoms with Crippen molar-refractivity contribution in [3.63, 3.8) is 0 Å². The first-order valence-corrected chi connectivity index (χ1v) is 23.2. The molecule has 320 valence electrons. The monoisotopic (exact) mass is 870 g/mol. The van der Waals surface area contributed by atoms with Crippen LogP contribution in [-0.2, 0) is 0 Å². The van der Waals surface area contributed by atoms with Crippen LogP contribution in [0.5, 0.6) is 0 Å². The summed E-state index contributed by atoms with van der Waals surface area (Å²) in [7, 11) is 0. The SMILES string of the molecule is C1=C(c2cc(-c3ccc(-c4ccccn4)cc3)nc(-c3ccc(-c4ccccn4)cc3)n2)CCC(n2c3ccccc3c3cc(-c4ccc5c(c4)c4ccccc4n5-c4ccccc4)ccc32)=C1. The molecule has 0 radical (unpaired) electrons. The van der Waals surface area contributed by atoms with Crippen LogP contribution < -0.4 is 0 Å². The Morgan fingerprint density at radius 2 is 0.809 bits per heavy atom. The van der Waals surface area contributed by atoms with Gasteiger partial charge in [0.05, 0.1) is 44.8 Å². The minimum atomic E-state index is 0.689. The molecule has 0 saturated carbocycles. The highest BCUT2D eigenvalue weighted by Crippen LogP contribution is 2.40. The number of allylic oxidation sites excluding steroid dienone is 4. The molecule has 7 aromatic carbocycles. The summed E-state index contributed by atoms with van der Waals surface area (Å²) in [6.07, 6.45) is 9.90. The highest BCUT2D eigenvalue weighted by molar-refractivity contribution is 6.13. The Balaban J connectivity index is 0.877. The molecule has 0 saturated heterocycles. The van der Waals surface area contributed by atoms with Gasteiger partial charge in [0.2, 0.25) is 0 Å². The van der Waals surface area contributed by atoms with Crippen molar-refractivity contribution in [2.24, 2.45) is 0 Å². The van der Waals surface area contributed by atoms with Crippen LogP contribution in [-0.4, -0.2) is 29.1 Å². The molecule has 0 bridgehead atoms. The van der Waals surface area contributed by atoms with Gasteiger partial charge >= 0.3 is 0 Å². The molecule has 0 aliphatic heterocycles. The highest BCUT2D eigenvalue weighted by atomic mass is 15.0. The maximum Gasteiger partial charge on any atom is 0.160 e. The summed E-state index contributed by atoms with van der Waals surface area (Å²) < 4.78 is 4.83. The number of para-hydroxylation sites is 3. The van der Waals surface area contributed by atoms with Crippen LogP contribution in [0, 0.1) is 0 Å². The second-order valence-electron chi connectivity index (χ2n) is 17.4. The van der Waals surface area contributed by atoms with E-state index in [-0.39, 0.29) is 0 Å². The number of hydrogen-bond acceptors (Lipinski definition) is 4. The van der Waals surface area contributed by atoms with E-state index in [0.29, 0.717) is 5.82 Å². The minimum Gasteiger partial charge on any atom is -0.313 e. The summed E-state index contributed by atoms with van der Waals surface area (Å²) in [5.74, 6) is 0.689. The smallest absolute Gasteiger partial charge is 0.160 e. The zero-order valence-corrected chi connectivity index (χ0v) is 37.0. The Morgan fingerprint density at radius 1 is 0.324 bits per heavy atom. The van der Waals surface area contributed by atoms with Crippen LogP contribution >= 0.6 is 0 Å². The fourth-order valence-electron chi connectivity index (χ4n) is 10.1. The van der Waals surface area contributed by atoms with Gasteiger partial charge < -0.3 is 9.13 Å². The fraction of sp³-hybridized carbons (Fsp3) is 0.0323. The van der Waals surface area contributed by atoms with Crippen LogP contribution in [0.4, 0.5) is 0 Å². The number of benzene rings is 7. The largest absolute Gasteiger partial charge is 0.313 e. The Kier molecular flexibility index (Phi) is 9.53. The van der Waals surface area contributed by atoms with Crippen molar-refractivity contribution in [2.75, 3.05) is 0 Å². The molecule has 5 aromatic heterocycles. The molecule has 1 aliphatic rings. The van der Waals surface area contributed by atoms with Crippen molar-refractivity contribution in [1.29, 1.82) is 0 Å². The summed E-state index contributed by atoms with van der Waals surface area (Å²) in [5, 5.41) is 4.99. The molecule has 5 heterocycles. The first-order valence-electron chi connectivity index (χ1n) is 23.2. The molecular formula is C62H42N6. The maximum absolute atomic E-state index is 5.26. The lowest BCUT2D eigenvalue weighted by atomic mass is 9.97. The van der Waals surface area contributed by atoms with Crippen LogP contribution in [0.15, 0.2) is 231 Å². The van der Waals surface area contributed by atoms with Gasteiger partial charge in [-0.15, -0.1) is 0 Å². The molecular weight excluding hydrogens is 829 g/mol. The Bertz CT molecular complexity index is 3820. The quantitative estimate of drug-likeness (QED) is 0.153. The van der Waals surface area contributed by atoms with Crippen molar-refractivity contribution >= 4 is 54.9 Å². The van der Waals surface area contributed by atoms with Crippen molar-refractivity contribution in [3.05, 3.63) is 236 Å². The Hall–Kier alpha value is -9.00. The van der Waals surface area contributed by atoms with Gasteiger partial charge in [0.1, 0.15) is 0 Å². The van der Waals surface area contributed by atoms with Gasteiger partial charge in [-0.1, -0.05) is 133 Å². The molecule has 0 fully saturated rings. The van der Waals surface area contributed by atoms with Gasteiger partial charge in [0, 0.05) is 67.6 Å². The van der Waals surface area contributed by atoms with Crippen molar-refractivity contribution in [2.45, 2.75) is 12.8 Å². The summed E-state index contributed by atoms with van der Waals surface area (Å²) in [4.78, 5) is 19.6. The molecule has 0 atom stereocenters. The number of fused-ring (bicyclic) bond motifs is 6. The van der Waals surface area contributed by atoms with Crippen LogP contribution in [0.1, 0.15) is 18.5 Å². The zero-order valence-electron chi connectivity index (χ0n) is 37.0. The van der Waals surface area contributed by atoms with E-state index in [1.165, 1.54) is 66.0 Å². The normalized spacial score (nSPS) is 12.8. The zero-order chi connectivity index (χ0) is 45.0. The van der Waals surface area contributed by atoms with E-state index in [9.17, 15) is 0 Å². The molecule has 6 heteroatoms. The second kappa shape index (κ2) is 16.5. The third-order valence-corrected chi connectivity index (χ3v) is 13.4. The third kappa shape index (κ3) is 6.90. The van der Waals surface area contributed by atoms with E-state index < -0.39 is 0 Å². The minimum absolute atomic E-state index is 0.689. The summed E-state index contributed by atoms with van der Waals surface area (Å²) >= 11 is 0. The predicted molar refractivity (Wildman–Crippen MR) is 280 cm³/mol. The topological polar surface area (TPSA) is 61.4 Å². The van der Waals surface area contributed by atoms with Crippen molar-refractivity contribution < 1.29 is 0 Å². The molecule has 13 rings (SSSR count). The molecule has 0 spiro atoms. The molecule has 6 nitrogen and oxygen atoms in total. The van der Waals surface area contributed by atoms with Gasteiger partial charge in [0.25, 0.3) is 0 Å². The van der Waals surface area contributed by atoms with E-state index in [0.717, 1.165) is 63.6 Å². The first kappa shape index (κ1) is 39.4. The number of aromatic nitrogens is 6. The van der Waals surface area contributed by atoms with E-state index in [1.807, 2.05) is 48.8 Å². The van der Waals surface area contributed by atoms with Crippen LogP contribution in [0.3, 0.4) is 0 Å². The summed E-state index contributed by atoms with van der Waals surface area (Å²) in [6, 6.07) is 73.1. The summed E-state index contributed by atoms with van der Waals surface area (Å²) in [6.45, 7) is 0. The van der Waals surface area contributed by atoms with E-state index in [1.54, 1.807) is 0 Å².